The van der Waals surface area contributed by atoms with Gasteiger partial charge in [-0.2, -0.15) is 5.10 Å². The quantitative estimate of drug-likeness (QED) is 0.693. The van der Waals surface area contributed by atoms with Gasteiger partial charge in [-0.3, -0.25) is 4.68 Å². The van der Waals surface area contributed by atoms with Crippen molar-refractivity contribution in [1.29, 1.82) is 0 Å². The van der Waals surface area contributed by atoms with E-state index in [0.29, 0.717) is 19.6 Å². The second-order valence-electron chi connectivity index (χ2n) is 4.31. The summed E-state index contributed by atoms with van der Waals surface area (Å²) in [7, 11) is 0. The number of hydrogen-bond acceptors (Lipinski definition) is 4. The lowest BCUT2D eigenvalue weighted by molar-refractivity contribution is -0.0261. The molecule has 1 aliphatic rings. The van der Waals surface area contributed by atoms with E-state index in [1.54, 1.807) is 6.20 Å². The van der Waals surface area contributed by atoms with Crippen molar-refractivity contribution in [2.75, 3.05) is 19.7 Å². The minimum Gasteiger partial charge on any atom is -0.386 e. The fourth-order valence-electron chi connectivity index (χ4n) is 1.93. The summed E-state index contributed by atoms with van der Waals surface area (Å²) in [6, 6.07) is 1.90. The van der Waals surface area contributed by atoms with Gasteiger partial charge < -0.3 is 15.2 Å². The van der Waals surface area contributed by atoms with Crippen molar-refractivity contribution in [2.45, 2.75) is 31.6 Å². The van der Waals surface area contributed by atoms with Crippen LogP contribution in [0.4, 0.5) is 0 Å². The SMILES string of the molecule is CC1OCCC1(O)CNCCn1cccn1. The van der Waals surface area contributed by atoms with E-state index in [0.717, 1.165) is 13.1 Å². The van der Waals surface area contributed by atoms with Gasteiger partial charge in [0.15, 0.2) is 0 Å². The molecule has 16 heavy (non-hydrogen) atoms. The van der Waals surface area contributed by atoms with E-state index in [2.05, 4.69) is 10.4 Å². The number of hydrogen-bond donors (Lipinski definition) is 2. The van der Waals surface area contributed by atoms with Crippen LogP contribution in [0.5, 0.6) is 0 Å². The lowest BCUT2D eigenvalue weighted by Gasteiger charge is -2.26. The first-order chi connectivity index (χ1) is 7.71. The molecule has 0 aliphatic carbocycles. The second kappa shape index (κ2) is 4.95. The van der Waals surface area contributed by atoms with Crippen LogP contribution < -0.4 is 5.32 Å². The molecule has 0 radical (unpaired) electrons. The first-order valence-corrected chi connectivity index (χ1v) is 5.73. The van der Waals surface area contributed by atoms with Crippen LogP contribution in [-0.4, -0.2) is 46.3 Å². The molecule has 5 heteroatoms. The normalized spacial score (nSPS) is 29.8. The van der Waals surface area contributed by atoms with Crippen molar-refractivity contribution in [3.05, 3.63) is 18.5 Å². The fraction of sp³-hybridized carbons (Fsp3) is 0.727. The Kier molecular flexibility index (Phi) is 3.58. The molecular weight excluding hydrogens is 206 g/mol. The molecule has 1 saturated heterocycles. The van der Waals surface area contributed by atoms with E-state index in [-0.39, 0.29) is 6.10 Å². The highest BCUT2D eigenvalue weighted by Gasteiger charge is 2.38. The minimum atomic E-state index is -0.704. The molecule has 2 unspecified atom stereocenters. The highest BCUT2D eigenvalue weighted by Crippen LogP contribution is 2.24. The van der Waals surface area contributed by atoms with Crippen LogP contribution in [0.15, 0.2) is 18.5 Å². The van der Waals surface area contributed by atoms with Crippen LogP contribution >= 0.6 is 0 Å². The molecule has 2 atom stereocenters. The van der Waals surface area contributed by atoms with Crippen molar-refractivity contribution >= 4 is 0 Å². The summed E-state index contributed by atoms with van der Waals surface area (Å²) in [5.41, 5.74) is -0.704. The number of rotatable bonds is 5. The molecule has 0 saturated carbocycles. The van der Waals surface area contributed by atoms with Crippen molar-refractivity contribution in [3.63, 3.8) is 0 Å². The fourth-order valence-corrected chi connectivity index (χ4v) is 1.93. The Bertz CT molecular complexity index is 315. The predicted octanol–water partition coefficient (Wildman–Crippen LogP) is 0.0126. The maximum atomic E-state index is 10.2. The van der Waals surface area contributed by atoms with Crippen molar-refractivity contribution in [2.24, 2.45) is 0 Å². The third kappa shape index (κ3) is 2.61. The minimum absolute atomic E-state index is 0.0790. The average molecular weight is 225 g/mol. The van der Waals surface area contributed by atoms with Gasteiger partial charge in [0.1, 0.15) is 5.60 Å². The standard InChI is InChI=1S/C11H19N3O2/c1-10-11(15,3-8-16-10)9-12-5-7-14-6-2-4-13-14/h2,4,6,10,12,15H,3,5,7-9H2,1H3. The number of nitrogens with zero attached hydrogens (tertiary/aromatic N) is 2. The van der Waals surface area contributed by atoms with E-state index in [9.17, 15) is 5.11 Å². The molecular formula is C11H19N3O2. The second-order valence-corrected chi connectivity index (χ2v) is 4.31. The van der Waals surface area contributed by atoms with Gasteiger partial charge >= 0.3 is 0 Å². The zero-order valence-corrected chi connectivity index (χ0v) is 9.59. The average Bonchev–Trinajstić information content (AvgIpc) is 2.86. The Morgan fingerprint density at radius 1 is 1.69 bits per heavy atom. The van der Waals surface area contributed by atoms with Gasteiger partial charge in [-0.25, -0.2) is 0 Å². The molecule has 2 heterocycles. The first kappa shape index (κ1) is 11.6. The predicted molar refractivity (Wildman–Crippen MR) is 60.1 cm³/mol. The molecule has 2 N–H and O–H groups in total. The van der Waals surface area contributed by atoms with Gasteiger partial charge in [-0.1, -0.05) is 0 Å². The van der Waals surface area contributed by atoms with Crippen molar-refractivity contribution < 1.29 is 9.84 Å². The summed E-state index contributed by atoms with van der Waals surface area (Å²) >= 11 is 0. The van der Waals surface area contributed by atoms with Crippen LogP contribution in [0.1, 0.15) is 13.3 Å². The zero-order chi connectivity index (χ0) is 11.4. The van der Waals surface area contributed by atoms with Gasteiger partial charge in [0.2, 0.25) is 0 Å². The number of nitrogens with one attached hydrogen (secondary N) is 1. The molecule has 1 aromatic heterocycles. The van der Waals surface area contributed by atoms with Gasteiger partial charge in [0, 0.05) is 38.5 Å². The maximum absolute atomic E-state index is 10.2. The molecule has 0 amide bonds. The van der Waals surface area contributed by atoms with Crippen LogP contribution in [-0.2, 0) is 11.3 Å². The highest BCUT2D eigenvalue weighted by atomic mass is 16.5. The van der Waals surface area contributed by atoms with E-state index < -0.39 is 5.60 Å². The van der Waals surface area contributed by atoms with E-state index in [1.165, 1.54) is 0 Å². The van der Waals surface area contributed by atoms with Gasteiger partial charge in [0.25, 0.3) is 0 Å². The van der Waals surface area contributed by atoms with Crippen molar-refractivity contribution in [1.82, 2.24) is 15.1 Å². The Morgan fingerprint density at radius 3 is 3.19 bits per heavy atom. The number of aromatic nitrogens is 2. The molecule has 1 aliphatic heterocycles. The molecule has 1 fully saturated rings. The zero-order valence-electron chi connectivity index (χ0n) is 9.59. The first-order valence-electron chi connectivity index (χ1n) is 5.73. The summed E-state index contributed by atoms with van der Waals surface area (Å²) in [5, 5.41) is 17.6. The van der Waals surface area contributed by atoms with E-state index in [4.69, 9.17) is 4.74 Å². The molecule has 2 rings (SSSR count). The third-order valence-corrected chi connectivity index (χ3v) is 3.17. The summed E-state index contributed by atoms with van der Waals surface area (Å²) < 4.78 is 7.23. The largest absolute Gasteiger partial charge is 0.386 e. The Balaban J connectivity index is 1.68. The maximum Gasteiger partial charge on any atom is 0.105 e. The smallest absolute Gasteiger partial charge is 0.105 e. The van der Waals surface area contributed by atoms with Gasteiger partial charge in [0.05, 0.1) is 12.6 Å². The number of aliphatic hydroxyl groups is 1. The van der Waals surface area contributed by atoms with E-state index in [1.807, 2.05) is 23.9 Å². The van der Waals surface area contributed by atoms with Crippen molar-refractivity contribution in [3.8, 4) is 0 Å². The monoisotopic (exact) mass is 225 g/mol. The summed E-state index contributed by atoms with van der Waals surface area (Å²) in [6.45, 7) is 4.77. The lowest BCUT2D eigenvalue weighted by atomic mass is 9.97. The summed E-state index contributed by atoms with van der Waals surface area (Å²) in [4.78, 5) is 0. The molecule has 0 spiro atoms. The molecule has 5 nitrogen and oxygen atoms in total. The Morgan fingerprint density at radius 2 is 2.56 bits per heavy atom. The molecule has 0 aromatic carbocycles. The van der Waals surface area contributed by atoms with E-state index >= 15 is 0 Å². The van der Waals surface area contributed by atoms with Crippen LogP contribution in [0.2, 0.25) is 0 Å². The van der Waals surface area contributed by atoms with Crippen LogP contribution in [0, 0.1) is 0 Å². The topological polar surface area (TPSA) is 59.3 Å². The third-order valence-electron chi connectivity index (χ3n) is 3.17. The van der Waals surface area contributed by atoms with Gasteiger partial charge in [-0.05, 0) is 13.0 Å². The molecule has 90 valence electrons. The van der Waals surface area contributed by atoms with Crippen LogP contribution in [0.3, 0.4) is 0 Å². The summed E-state index contributed by atoms with van der Waals surface area (Å²) in [5.74, 6) is 0. The van der Waals surface area contributed by atoms with Crippen LogP contribution in [0.25, 0.3) is 0 Å². The molecule has 0 bridgehead atoms. The van der Waals surface area contributed by atoms with Gasteiger partial charge in [-0.15, -0.1) is 0 Å². The Hall–Kier alpha value is -0.910. The summed E-state index contributed by atoms with van der Waals surface area (Å²) in [6.07, 6.45) is 4.32. The number of ether oxygens (including phenoxy) is 1. The molecule has 1 aromatic rings. The lowest BCUT2D eigenvalue weighted by Crippen LogP contribution is -2.46. The Labute approximate surface area is 95.4 Å². The highest BCUT2D eigenvalue weighted by molar-refractivity contribution is 4.91.